The van der Waals surface area contributed by atoms with Crippen LogP contribution in [0.15, 0.2) is 18.2 Å². The van der Waals surface area contributed by atoms with E-state index in [4.69, 9.17) is 10.5 Å². The SMILES string of the molecule is CN(CC1CCC1)[C@H](CN)C(=O)Nc1ccc(N2CCOCC2=O)cc1C(F)(F)F. The molecule has 0 spiro atoms. The summed E-state index contributed by atoms with van der Waals surface area (Å²) in [7, 11) is 1.76. The summed E-state index contributed by atoms with van der Waals surface area (Å²) in [5.41, 5.74) is 4.50. The fourth-order valence-corrected chi connectivity index (χ4v) is 3.75. The molecule has 0 radical (unpaired) electrons. The Morgan fingerprint density at radius 2 is 2.13 bits per heavy atom. The van der Waals surface area contributed by atoms with Gasteiger partial charge in [-0.1, -0.05) is 6.42 Å². The highest BCUT2D eigenvalue weighted by Crippen LogP contribution is 2.38. The predicted octanol–water partition coefficient (Wildman–Crippen LogP) is 2.07. The van der Waals surface area contributed by atoms with Crippen LogP contribution in [0.3, 0.4) is 0 Å². The summed E-state index contributed by atoms with van der Waals surface area (Å²) < 4.78 is 46.1. The number of anilines is 2. The maximum absolute atomic E-state index is 13.7. The number of halogens is 3. The number of ether oxygens (including phenoxy) is 1. The third-order valence-electron chi connectivity index (χ3n) is 5.69. The van der Waals surface area contributed by atoms with Crippen LogP contribution in [0.1, 0.15) is 24.8 Å². The van der Waals surface area contributed by atoms with Crippen molar-refractivity contribution < 1.29 is 27.5 Å². The number of nitrogens with zero attached hydrogens (tertiary/aromatic N) is 2. The highest BCUT2D eigenvalue weighted by Gasteiger charge is 2.36. The smallest absolute Gasteiger partial charge is 0.370 e. The van der Waals surface area contributed by atoms with Gasteiger partial charge in [0.2, 0.25) is 5.91 Å². The number of carbonyl (C=O) groups is 2. The largest absolute Gasteiger partial charge is 0.418 e. The zero-order valence-corrected chi connectivity index (χ0v) is 16.9. The van der Waals surface area contributed by atoms with E-state index in [-0.39, 0.29) is 37.7 Å². The fraction of sp³-hybridized carbons (Fsp3) is 0.600. The molecule has 7 nitrogen and oxygen atoms in total. The normalized spacial score (nSPS) is 19.0. The minimum atomic E-state index is -4.70. The number of amides is 2. The molecule has 2 fully saturated rings. The third-order valence-corrected chi connectivity index (χ3v) is 5.69. The van der Waals surface area contributed by atoms with E-state index in [1.54, 1.807) is 11.9 Å². The Morgan fingerprint density at radius 1 is 1.40 bits per heavy atom. The zero-order valence-electron chi connectivity index (χ0n) is 16.9. The molecule has 0 unspecified atom stereocenters. The van der Waals surface area contributed by atoms with Gasteiger partial charge >= 0.3 is 6.18 Å². The summed E-state index contributed by atoms with van der Waals surface area (Å²) >= 11 is 0. The summed E-state index contributed by atoms with van der Waals surface area (Å²) in [6.07, 6.45) is -1.37. The van der Waals surface area contributed by atoms with Gasteiger partial charge in [0.1, 0.15) is 12.6 Å². The molecule has 1 aliphatic carbocycles. The van der Waals surface area contributed by atoms with Crippen molar-refractivity contribution in [1.29, 1.82) is 0 Å². The first-order valence-corrected chi connectivity index (χ1v) is 10.0. The second-order valence-electron chi connectivity index (χ2n) is 7.80. The van der Waals surface area contributed by atoms with Crippen LogP contribution in [0, 0.1) is 5.92 Å². The first kappa shape index (κ1) is 22.5. The number of alkyl halides is 3. The lowest BCUT2D eigenvalue weighted by molar-refractivity contribution is -0.137. The molecule has 1 saturated heterocycles. The fourth-order valence-electron chi connectivity index (χ4n) is 3.75. The molecule has 1 aliphatic heterocycles. The lowest BCUT2D eigenvalue weighted by Gasteiger charge is -2.34. The van der Waals surface area contributed by atoms with E-state index in [0.29, 0.717) is 12.5 Å². The van der Waals surface area contributed by atoms with Crippen LogP contribution >= 0.6 is 0 Å². The molecule has 1 aromatic carbocycles. The number of nitrogens with one attached hydrogen (secondary N) is 1. The van der Waals surface area contributed by atoms with E-state index in [2.05, 4.69) is 5.32 Å². The number of morpholine rings is 1. The topological polar surface area (TPSA) is 87.9 Å². The minimum absolute atomic E-state index is 0.00321. The molecule has 10 heteroatoms. The van der Waals surface area contributed by atoms with Crippen LogP contribution in [0.25, 0.3) is 0 Å². The van der Waals surface area contributed by atoms with Crippen molar-refractivity contribution in [3.8, 4) is 0 Å². The van der Waals surface area contributed by atoms with E-state index in [0.717, 1.165) is 25.3 Å². The quantitative estimate of drug-likeness (QED) is 0.694. The Bertz CT molecular complexity index is 783. The van der Waals surface area contributed by atoms with Gasteiger partial charge in [-0.2, -0.15) is 13.2 Å². The summed E-state index contributed by atoms with van der Waals surface area (Å²) in [5, 5.41) is 2.39. The summed E-state index contributed by atoms with van der Waals surface area (Å²) in [6.45, 7) is 0.918. The van der Waals surface area contributed by atoms with Crippen LogP contribution in [-0.4, -0.2) is 62.7 Å². The van der Waals surface area contributed by atoms with Crippen molar-refractivity contribution in [2.75, 3.05) is 50.1 Å². The molecule has 1 atom stereocenters. The minimum Gasteiger partial charge on any atom is -0.370 e. The van der Waals surface area contributed by atoms with Crippen molar-refractivity contribution in [1.82, 2.24) is 4.90 Å². The highest BCUT2D eigenvalue weighted by atomic mass is 19.4. The van der Waals surface area contributed by atoms with Crippen LogP contribution in [-0.2, 0) is 20.5 Å². The van der Waals surface area contributed by atoms with E-state index in [9.17, 15) is 22.8 Å². The zero-order chi connectivity index (χ0) is 21.9. The third kappa shape index (κ3) is 5.11. The monoisotopic (exact) mass is 428 g/mol. The molecule has 1 heterocycles. The number of hydrogen-bond acceptors (Lipinski definition) is 5. The Hall–Kier alpha value is -2.17. The predicted molar refractivity (Wildman–Crippen MR) is 106 cm³/mol. The Labute approximate surface area is 173 Å². The summed E-state index contributed by atoms with van der Waals surface area (Å²) in [6, 6.07) is 2.73. The van der Waals surface area contributed by atoms with E-state index in [1.807, 2.05) is 0 Å². The Kier molecular flexibility index (Phi) is 6.99. The molecule has 1 saturated carbocycles. The van der Waals surface area contributed by atoms with E-state index < -0.39 is 29.6 Å². The molecular formula is C20H27F3N4O3. The number of nitrogens with two attached hydrogens (primary N) is 1. The van der Waals surface area contributed by atoms with Crippen LogP contribution in [0.4, 0.5) is 24.5 Å². The maximum Gasteiger partial charge on any atom is 0.418 e. The van der Waals surface area contributed by atoms with E-state index in [1.165, 1.54) is 17.0 Å². The van der Waals surface area contributed by atoms with Crippen LogP contribution in [0.5, 0.6) is 0 Å². The van der Waals surface area contributed by atoms with Gasteiger partial charge in [0.15, 0.2) is 0 Å². The molecule has 0 aromatic heterocycles. The second-order valence-corrected chi connectivity index (χ2v) is 7.80. The maximum atomic E-state index is 13.7. The van der Waals surface area contributed by atoms with Gasteiger partial charge in [0.05, 0.1) is 17.9 Å². The number of carbonyl (C=O) groups excluding carboxylic acids is 2. The lowest BCUT2D eigenvalue weighted by Crippen LogP contribution is -2.49. The highest BCUT2D eigenvalue weighted by molar-refractivity contribution is 5.97. The number of hydrogen-bond donors (Lipinski definition) is 2. The van der Waals surface area contributed by atoms with Gasteiger partial charge in [-0.3, -0.25) is 14.5 Å². The molecule has 1 aromatic rings. The lowest BCUT2D eigenvalue weighted by atomic mass is 9.85. The van der Waals surface area contributed by atoms with Gasteiger partial charge < -0.3 is 20.7 Å². The molecule has 30 heavy (non-hydrogen) atoms. The van der Waals surface area contributed by atoms with Gasteiger partial charge in [-0.05, 0) is 44.0 Å². The second kappa shape index (κ2) is 9.32. The van der Waals surface area contributed by atoms with Crippen molar-refractivity contribution >= 4 is 23.2 Å². The van der Waals surface area contributed by atoms with Crippen molar-refractivity contribution in [3.05, 3.63) is 23.8 Å². The number of benzene rings is 1. The van der Waals surface area contributed by atoms with Gasteiger partial charge in [-0.25, -0.2) is 0 Å². The average molecular weight is 428 g/mol. The standard InChI is InChI=1S/C20H27F3N4O3/c1-26(11-13-3-2-4-13)17(10-24)19(29)25-16-6-5-14(9-15(16)20(21,22)23)27-7-8-30-12-18(27)28/h5-6,9,13,17H,2-4,7-8,10-12,24H2,1H3,(H,25,29)/t17-/m1/s1. The first-order valence-electron chi connectivity index (χ1n) is 10.0. The molecule has 3 rings (SSSR count). The van der Waals surface area contributed by atoms with Crippen molar-refractivity contribution in [2.45, 2.75) is 31.5 Å². The van der Waals surface area contributed by atoms with Crippen molar-refractivity contribution in [3.63, 3.8) is 0 Å². The Morgan fingerprint density at radius 3 is 2.70 bits per heavy atom. The summed E-state index contributed by atoms with van der Waals surface area (Å²) in [5.74, 6) is -0.500. The first-order chi connectivity index (χ1) is 14.2. The summed E-state index contributed by atoms with van der Waals surface area (Å²) in [4.78, 5) is 27.7. The molecule has 2 aliphatic rings. The van der Waals surface area contributed by atoms with Gasteiger partial charge in [0.25, 0.3) is 5.91 Å². The van der Waals surface area contributed by atoms with Crippen LogP contribution < -0.4 is 16.0 Å². The molecule has 166 valence electrons. The molecular weight excluding hydrogens is 401 g/mol. The molecule has 0 bridgehead atoms. The van der Waals surface area contributed by atoms with Crippen molar-refractivity contribution in [2.24, 2.45) is 11.7 Å². The average Bonchev–Trinajstić information content (AvgIpc) is 2.65. The number of rotatable bonds is 7. The molecule has 3 N–H and O–H groups in total. The van der Waals surface area contributed by atoms with Gasteiger partial charge in [0, 0.05) is 25.3 Å². The number of likely N-dealkylation sites (N-methyl/N-ethyl adjacent to an activating group) is 1. The molecule has 2 amide bonds. The van der Waals surface area contributed by atoms with E-state index >= 15 is 0 Å². The van der Waals surface area contributed by atoms with Crippen LogP contribution in [0.2, 0.25) is 0 Å². The van der Waals surface area contributed by atoms with Gasteiger partial charge in [-0.15, -0.1) is 0 Å². The Balaban J connectivity index is 1.79.